The maximum atomic E-state index is 10.5. The Labute approximate surface area is 117 Å². The summed E-state index contributed by atoms with van der Waals surface area (Å²) < 4.78 is 0. The molecule has 0 saturated carbocycles. The molecule has 0 aliphatic heterocycles. The van der Waals surface area contributed by atoms with Gasteiger partial charge in [-0.15, -0.1) is 11.3 Å². The van der Waals surface area contributed by atoms with E-state index in [0.717, 1.165) is 22.0 Å². The molecule has 18 heavy (non-hydrogen) atoms. The summed E-state index contributed by atoms with van der Waals surface area (Å²) in [4.78, 5) is 21.0. The second-order valence-corrected chi connectivity index (χ2v) is 6.36. The van der Waals surface area contributed by atoms with Gasteiger partial charge in [0.25, 0.3) is 0 Å². The highest BCUT2D eigenvalue weighted by atomic mass is 35.5. The first kappa shape index (κ1) is 13.6. The van der Waals surface area contributed by atoms with Gasteiger partial charge in [0, 0.05) is 10.3 Å². The summed E-state index contributed by atoms with van der Waals surface area (Å²) in [6.45, 7) is 4.21. The Morgan fingerprint density at radius 3 is 2.89 bits per heavy atom. The molecule has 4 nitrogen and oxygen atoms in total. The van der Waals surface area contributed by atoms with Crippen molar-refractivity contribution in [3.63, 3.8) is 0 Å². The van der Waals surface area contributed by atoms with Crippen LogP contribution in [0.2, 0.25) is 5.15 Å². The second-order valence-electron chi connectivity index (χ2n) is 4.00. The molecule has 2 rings (SSSR count). The first-order valence-corrected chi connectivity index (χ1v) is 7.47. The van der Waals surface area contributed by atoms with Gasteiger partial charge in [-0.25, -0.2) is 9.97 Å². The van der Waals surface area contributed by atoms with E-state index in [0.29, 0.717) is 16.2 Å². The fraction of sp³-hybridized carbons (Fsp3) is 0.364. The lowest BCUT2D eigenvalue weighted by molar-refractivity contribution is -0.133. The van der Waals surface area contributed by atoms with Crippen LogP contribution in [0.1, 0.15) is 24.6 Å². The molecule has 0 amide bonds. The Bertz CT molecular complexity index is 598. The predicted molar refractivity (Wildman–Crippen MR) is 74.9 cm³/mol. The topological polar surface area (TPSA) is 63.1 Å². The molecule has 0 unspecified atom stereocenters. The molecule has 0 aromatic carbocycles. The number of carboxylic acid groups (broad SMARTS) is 1. The molecule has 0 aliphatic rings. The molecule has 2 aromatic rings. The molecule has 0 saturated heterocycles. The molecule has 2 heterocycles. The van der Waals surface area contributed by atoms with Crippen molar-refractivity contribution in [2.24, 2.45) is 0 Å². The number of carboxylic acids is 1. The monoisotopic (exact) mass is 302 g/mol. The van der Waals surface area contributed by atoms with Gasteiger partial charge < -0.3 is 5.11 Å². The van der Waals surface area contributed by atoms with Gasteiger partial charge in [0.15, 0.2) is 5.16 Å². The number of nitrogens with zero attached hydrogens (tertiary/aromatic N) is 2. The molecule has 0 radical (unpaired) electrons. The van der Waals surface area contributed by atoms with E-state index in [1.807, 2.05) is 6.07 Å². The van der Waals surface area contributed by atoms with Crippen LogP contribution in [0.4, 0.5) is 0 Å². The van der Waals surface area contributed by atoms with Crippen molar-refractivity contribution in [3.8, 4) is 0 Å². The Morgan fingerprint density at radius 1 is 1.56 bits per heavy atom. The zero-order chi connectivity index (χ0) is 13.3. The van der Waals surface area contributed by atoms with Crippen LogP contribution < -0.4 is 0 Å². The van der Waals surface area contributed by atoms with Crippen molar-refractivity contribution in [3.05, 3.63) is 16.1 Å². The quantitative estimate of drug-likeness (QED) is 0.530. The lowest BCUT2D eigenvalue weighted by Gasteiger charge is -1.98. The first-order chi connectivity index (χ1) is 8.47. The van der Waals surface area contributed by atoms with Gasteiger partial charge in [-0.1, -0.05) is 37.2 Å². The Morgan fingerprint density at radius 2 is 2.28 bits per heavy atom. The summed E-state index contributed by atoms with van der Waals surface area (Å²) >= 11 is 8.74. The maximum absolute atomic E-state index is 10.5. The minimum atomic E-state index is -0.895. The summed E-state index contributed by atoms with van der Waals surface area (Å²) in [5.41, 5.74) is 0. The van der Waals surface area contributed by atoms with E-state index in [-0.39, 0.29) is 5.75 Å². The van der Waals surface area contributed by atoms with Crippen molar-refractivity contribution in [1.82, 2.24) is 9.97 Å². The van der Waals surface area contributed by atoms with Gasteiger partial charge in [-0.2, -0.15) is 0 Å². The lowest BCUT2D eigenvalue weighted by Crippen LogP contribution is -1.99. The van der Waals surface area contributed by atoms with E-state index in [4.69, 9.17) is 16.7 Å². The Balaban J connectivity index is 2.38. The SMILES string of the molecule is CC(C)c1cc2c(Cl)nc(SCC(=O)O)nc2s1. The molecule has 0 fully saturated rings. The van der Waals surface area contributed by atoms with Crippen LogP contribution >= 0.6 is 34.7 Å². The highest BCUT2D eigenvalue weighted by Gasteiger charge is 2.13. The van der Waals surface area contributed by atoms with E-state index in [1.54, 1.807) is 11.3 Å². The summed E-state index contributed by atoms with van der Waals surface area (Å²) in [5, 5.41) is 10.3. The fourth-order valence-electron chi connectivity index (χ4n) is 1.36. The minimum absolute atomic E-state index is 0.0652. The molecular formula is C11H11ClN2O2S2. The molecule has 2 aromatic heterocycles. The van der Waals surface area contributed by atoms with Gasteiger partial charge in [0.05, 0.1) is 5.75 Å². The van der Waals surface area contributed by atoms with Crippen LogP contribution in [0, 0.1) is 0 Å². The average Bonchev–Trinajstić information content (AvgIpc) is 2.71. The summed E-state index contributed by atoms with van der Waals surface area (Å²) in [6, 6.07) is 2.00. The second kappa shape index (κ2) is 5.42. The molecule has 0 aliphatic carbocycles. The fourth-order valence-corrected chi connectivity index (χ4v) is 3.35. The number of thioether (sulfide) groups is 1. The normalized spacial score (nSPS) is 11.3. The van der Waals surface area contributed by atoms with Gasteiger partial charge in [-0.3, -0.25) is 4.79 Å². The number of fused-ring (bicyclic) bond motifs is 1. The van der Waals surface area contributed by atoms with E-state index < -0.39 is 5.97 Å². The van der Waals surface area contributed by atoms with Crippen LogP contribution in [0.25, 0.3) is 10.2 Å². The average molecular weight is 303 g/mol. The van der Waals surface area contributed by atoms with Crippen LogP contribution in [0.3, 0.4) is 0 Å². The van der Waals surface area contributed by atoms with E-state index in [1.165, 1.54) is 4.88 Å². The van der Waals surface area contributed by atoms with Crippen LogP contribution in [-0.2, 0) is 4.79 Å². The van der Waals surface area contributed by atoms with Crippen molar-refractivity contribution >= 4 is 50.9 Å². The van der Waals surface area contributed by atoms with Crippen molar-refractivity contribution in [2.75, 3.05) is 5.75 Å². The standard InChI is InChI=1S/C11H11ClN2O2S2/c1-5(2)7-3-6-9(12)13-11(14-10(6)18-7)17-4-8(15)16/h3,5H,4H2,1-2H3,(H,15,16). The third-order valence-electron chi connectivity index (χ3n) is 2.24. The third kappa shape index (κ3) is 2.93. The van der Waals surface area contributed by atoms with Crippen LogP contribution in [-0.4, -0.2) is 26.8 Å². The van der Waals surface area contributed by atoms with Gasteiger partial charge in [0.1, 0.15) is 9.98 Å². The van der Waals surface area contributed by atoms with Crippen molar-refractivity contribution in [2.45, 2.75) is 24.9 Å². The number of rotatable bonds is 4. The number of thiophene rings is 1. The van der Waals surface area contributed by atoms with Gasteiger partial charge in [0.2, 0.25) is 0 Å². The van der Waals surface area contributed by atoms with Crippen molar-refractivity contribution in [1.29, 1.82) is 0 Å². The Kier molecular flexibility index (Phi) is 4.09. The highest BCUT2D eigenvalue weighted by molar-refractivity contribution is 7.99. The molecule has 0 atom stereocenters. The number of halogens is 1. The number of aromatic nitrogens is 2. The van der Waals surface area contributed by atoms with Gasteiger partial charge >= 0.3 is 5.97 Å². The third-order valence-corrected chi connectivity index (χ3v) is 4.69. The van der Waals surface area contributed by atoms with Crippen LogP contribution in [0.5, 0.6) is 0 Å². The zero-order valence-electron chi connectivity index (χ0n) is 9.81. The molecule has 7 heteroatoms. The van der Waals surface area contributed by atoms with E-state index >= 15 is 0 Å². The number of hydrogen-bond donors (Lipinski definition) is 1. The largest absolute Gasteiger partial charge is 0.481 e. The summed E-state index contributed by atoms with van der Waals surface area (Å²) in [6.07, 6.45) is 0. The smallest absolute Gasteiger partial charge is 0.313 e. The Hall–Kier alpha value is -0.850. The molecule has 0 bridgehead atoms. The van der Waals surface area contributed by atoms with E-state index in [2.05, 4.69) is 23.8 Å². The summed E-state index contributed by atoms with van der Waals surface area (Å²) in [7, 11) is 0. The first-order valence-electron chi connectivity index (χ1n) is 5.29. The van der Waals surface area contributed by atoms with Crippen molar-refractivity contribution < 1.29 is 9.90 Å². The van der Waals surface area contributed by atoms with E-state index in [9.17, 15) is 4.79 Å². The number of hydrogen-bond acceptors (Lipinski definition) is 5. The molecule has 96 valence electrons. The molecule has 0 spiro atoms. The maximum Gasteiger partial charge on any atom is 0.313 e. The molecule has 1 N–H and O–H groups in total. The molecular weight excluding hydrogens is 292 g/mol. The number of aliphatic carboxylic acids is 1. The van der Waals surface area contributed by atoms with Crippen LogP contribution in [0.15, 0.2) is 11.2 Å². The lowest BCUT2D eigenvalue weighted by atomic mass is 10.2. The number of carbonyl (C=O) groups is 1. The minimum Gasteiger partial charge on any atom is -0.481 e. The van der Waals surface area contributed by atoms with Gasteiger partial charge in [-0.05, 0) is 12.0 Å². The predicted octanol–water partition coefficient (Wildman–Crippen LogP) is 3.64. The highest BCUT2D eigenvalue weighted by Crippen LogP contribution is 2.34. The zero-order valence-corrected chi connectivity index (χ0v) is 12.2. The summed E-state index contributed by atoms with van der Waals surface area (Å²) in [5.74, 6) is -0.547.